The van der Waals surface area contributed by atoms with E-state index in [4.69, 9.17) is 5.26 Å². The molecule has 0 fully saturated rings. The van der Waals surface area contributed by atoms with Crippen LogP contribution < -0.4 is 5.32 Å². The van der Waals surface area contributed by atoms with Crippen molar-refractivity contribution in [2.45, 2.75) is 10.9 Å². The van der Waals surface area contributed by atoms with Crippen LogP contribution in [-0.4, -0.2) is 20.2 Å². The van der Waals surface area contributed by atoms with Crippen LogP contribution in [-0.2, 0) is 9.84 Å². The number of nitrogens with one attached hydrogen (secondary N) is 1. The lowest BCUT2D eigenvalue weighted by atomic mass is 10.2. The van der Waals surface area contributed by atoms with Crippen LogP contribution in [0.1, 0.15) is 0 Å². The number of sulfone groups is 1. The van der Waals surface area contributed by atoms with Crippen LogP contribution in [0.3, 0.4) is 0 Å². The van der Waals surface area contributed by atoms with Gasteiger partial charge >= 0.3 is 0 Å². The number of fused-ring (bicyclic) bond motifs is 1. The van der Waals surface area contributed by atoms with Crippen molar-refractivity contribution in [1.82, 2.24) is 0 Å². The van der Waals surface area contributed by atoms with E-state index >= 15 is 0 Å². The van der Waals surface area contributed by atoms with Crippen molar-refractivity contribution < 1.29 is 12.8 Å². The number of hydrogen-bond acceptors (Lipinski definition) is 4. The van der Waals surface area contributed by atoms with Gasteiger partial charge in [0.15, 0.2) is 9.84 Å². The largest absolute Gasteiger partial charge is 0.366 e. The number of rotatable bonds is 0. The molecule has 0 saturated carbocycles. The fourth-order valence-electron chi connectivity index (χ4n) is 1.50. The quantitative estimate of drug-likeness (QED) is 0.714. The Balaban J connectivity index is 2.67. The lowest BCUT2D eigenvalue weighted by Gasteiger charge is -2.22. The zero-order valence-corrected chi connectivity index (χ0v) is 8.38. The Bertz CT molecular complexity index is 548. The molecule has 0 bridgehead atoms. The molecule has 78 valence electrons. The van der Waals surface area contributed by atoms with E-state index in [1.165, 1.54) is 12.1 Å². The number of benzene rings is 1. The lowest BCUT2D eigenvalue weighted by Crippen LogP contribution is -2.33. The molecule has 1 unspecified atom stereocenters. The van der Waals surface area contributed by atoms with E-state index in [1.54, 1.807) is 6.07 Å². The molecule has 4 nitrogen and oxygen atoms in total. The third kappa shape index (κ3) is 1.55. The highest BCUT2D eigenvalue weighted by atomic mass is 32.2. The van der Waals surface area contributed by atoms with E-state index in [-0.39, 0.29) is 16.3 Å². The summed E-state index contributed by atoms with van der Waals surface area (Å²) in [5, 5.41) is 11.2. The van der Waals surface area contributed by atoms with Crippen LogP contribution in [0.2, 0.25) is 0 Å². The Morgan fingerprint density at radius 2 is 2.27 bits per heavy atom. The molecule has 0 aromatic heterocycles. The zero-order chi connectivity index (χ0) is 11.1. The first-order valence-corrected chi connectivity index (χ1v) is 5.87. The first kappa shape index (κ1) is 9.93. The van der Waals surface area contributed by atoms with Crippen molar-refractivity contribution >= 4 is 15.5 Å². The van der Waals surface area contributed by atoms with Crippen LogP contribution in [0, 0.1) is 17.1 Å². The predicted molar refractivity (Wildman–Crippen MR) is 51.5 cm³/mol. The van der Waals surface area contributed by atoms with Crippen LogP contribution in [0.25, 0.3) is 0 Å². The maximum atomic E-state index is 13.3. The van der Waals surface area contributed by atoms with E-state index in [2.05, 4.69) is 5.32 Å². The Hall–Kier alpha value is -1.61. The Labute approximate surface area is 86.3 Å². The first-order valence-electron chi connectivity index (χ1n) is 4.22. The van der Waals surface area contributed by atoms with Crippen molar-refractivity contribution in [2.24, 2.45) is 0 Å². The maximum absolute atomic E-state index is 13.3. The standard InChI is InChI=1S/C9H7FN2O2S/c10-7-2-1-3-8-9(7)12-6(4-11)5-15(8,13)14/h1-3,6,12H,5H2. The summed E-state index contributed by atoms with van der Waals surface area (Å²) in [5.41, 5.74) is -0.102. The second kappa shape index (κ2) is 3.21. The van der Waals surface area contributed by atoms with Crippen molar-refractivity contribution in [1.29, 1.82) is 5.26 Å². The van der Waals surface area contributed by atoms with E-state index < -0.39 is 21.7 Å². The maximum Gasteiger partial charge on any atom is 0.183 e. The fraction of sp³-hybridized carbons (Fsp3) is 0.222. The van der Waals surface area contributed by atoms with Gasteiger partial charge in [0.2, 0.25) is 0 Å². The SMILES string of the molecule is N#CC1CS(=O)(=O)c2cccc(F)c2N1. The zero-order valence-electron chi connectivity index (χ0n) is 7.57. The fourth-order valence-corrected chi connectivity index (χ4v) is 3.03. The second-order valence-corrected chi connectivity index (χ2v) is 5.22. The molecule has 6 heteroatoms. The summed E-state index contributed by atoms with van der Waals surface area (Å²) in [4.78, 5) is -0.0750. The van der Waals surface area contributed by atoms with E-state index in [0.29, 0.717) is 0 Å². The van der Waals surface area contributed by atoms with Gasteiger partial charge in [0.1, 0.15) is 11.9 Å². The van der Waals surface area contributed by atoms with E-state index in [0.717, 1.165) is 6.07 Å². The minimum atomic E-state index is -3.55. The van der Waals surface area contributed by atoms with Gasteiger partial charge in [-0.25, -0.2) is 12.8 Å². The van der Waals surface area contributed by atoms with Crippen LogP contribution in [0.5, 0.6) is 0 Å². The number of nitrogens with zero attached hydrogens (tertiary/aromatic N) is 1. The number of anilines is 1. The molecule has 2 rings (SSSR count). The van der Waals surface area contributed by atoms with Gasteiger partial charge in [-0.2, -0.15) is 5.26 Å². The number of nitriles is 1. The third-order valence-corrected chi connectivity index (χ3v) is 3.95. The summed E-state index contributed by atoms with van der Waals surface area (Å²) in [5.74, 6) is -0.976. The Morgan fingerprint density at radius 3 is 2.93 bits per heavy atom. The molecule has 1 heterocycles. The van der Waals surface area contributed by atoms with Crippen LogP contribution in [0.15, 0.2) is 23.1 Å². The predicted octanol–water partition coefficient (Wildman–Crippen LogP) is 0.917. The molecule has 1 aliphatic rings. The molecule has 1 aromatic carbocycles. The average Bonchev–Trinajstić information content (AvgIpc) is 2.18. The van der Waals surface area contributed by atoms with Crippen molar-refractivity contribution in [3.8, 4) is 6.07 Å². The molecular weight excluding hydrogens is 219 g/mol. The number of halogens is 1. The summed E-state index contributed by atoms with van der Waals surface area (Å²) >= 11 is 0. The second-order valence-electron chi connectivity index (χ2n) is 3.22. The van der Waals surface area contributed by atoms with E-state index in [1.807, 2.05) is 0 Å². The van der Waals surface area contributed by atoms with Gasteiger partial charge in [-0.3, -0.25) is 0 Å². The average molecular weight is 226 g/mol. The van der Waals surface area contributed by atoms with Crippen LogP contribution in [0.4, 0.5) is 10.1 Å². The van der Waals surface area contributed by atoms with Crippen molar-refractivity contribution in [3.05, 3.63) is 24.0 Å². The van der Waals surface area contributed by atoms with Gasteiger partial charge < -0.3 is 5.32 Å². The smallest absolute Gasteiger partial charge is 0.183 e. The summed E-state index contributed by atoms with van der Waals surface area (Å²) in [6.45, 7) is 0. The minimum absolute atomic E-state index is 0.0750. The van der Waals surface area contributed by atoms with E-state index in [9.17, 15) is 12.8 Å². The van der Waals surface area contributed by atoms with Gasteiger partial charge in [0.25, 0.3) is 0 Å². The Morgan fingerprint density at radius 1 is 1.53 bits per heavy atom. The molecule has 1 aliphatic heterocycles. The van der Waals surface area contributed by atoms with Gasteiger partial charge in [-0.05, 0) is 12.1 Å². The van der Waals surface area contributed by atoms with Crippen molar-refractivity contribution in [3.63, 3.8) is 0 Å². The minimum Gasteiger partial charge on any atom is -0.366 e. The molecule has 15 heavy (non-hydrogen) atoms. The highest BCUT2D eigenvalue weighted by Gasteiger charge is 2.31. The molecule has 0 spiro atoms. The normalized spacial score (nSPS) is 22.3. The topological polar surface area (TPSA) is 70.0 Å². The molecule has 1 atom stereocenters. The summed E-state index contributed by atoms with van der Waals surface area (Å²) in [6, 6.07) is 4.70. The number of hydrogen-bond donors (Lipinski definition) is 1. The summed E-state index contributed by atoms with van der Waals surface area (Å²) in [6.07, 6.45) is 0. The molecule has 1 aromatic rings. The van der Waals surface area contributed by atoms with Crippen molar-refractivity contribution in [2.75, 3.05) is 11.1 Å². The van der Waals surface area contributed by atoms with Gasteiger partial charge in [-0.15, -0.1) is 0 Å². The summed E-state index contributed by atoms with van der Waals surface area (Å²) < 4.78 is 36.6. The molecule has 0 aliphatic carbocycles. The number of para-hydroxylation sites is 1. The molecular formula is C9H7FN2O2S. The first-order chi connectivity index (χ1) is 7.04. The summed E-state index contributed by atoms with van der Waals surface area (Å²) in [7, 11) is -3.55. The van der Waals surface area contributed by atoms with Gasteiger partial charge in [-0.1, -0.05) is 6.07 Å². The highest BCUT2D eigenvalue weighted by Crippen LogP contribution is 2.30. The monoisotopic (exact) mass is 226 g/mol. The van der Waals surface area contributed by atoms with Crippen LogP contribution >= 0.6 is 0 Å². The van der Waals surface area contributed by atoms with Gasteiger partial charge in [0.05, 0.1) is 22.4 Å². The molecule has 1 N–H and O–H groups in total. The Kier molecular flexibility index (Phi) is 2.12. The third-order valence-electron chi connectivity index (χ3n) is 2.17. The highest BCUT2D eigenvalue weighted by molar-refractivity contribution is 7.91. The van der Waals surface area contributed by atoms with Gasteiger partial charge in [0, 0.05) is 0 Å². The molecule has 0 saturated heterocycles. The molecule has 0 amide bonds. The lowest BCUT2D eigenvalue weighted by molar-refractivity contribution is 0.584. The molecule has 0 radical (unpaired) electrons.